The monoisotopic (exact) mass is 441 g/mol. The SMILES string of the molecule is CCOc1cccc([C@@H]2C(C(=O)OC(C)C)=C(C)NC3=C2C(=O)[C@@H](C(=O)OC)[C@@H](C)C3)c1. The van der Waals surface area contributed by atoms with Gasteiger partial charge in [0.25, 0.3) is 0 Å². The second-order valence-corrected chi connectivity index (χ2v) is 8.49. The van der Waals surface area contributed by atoms with Crippen LogP contribution in [0, 0.1) is 11.8 Å². The Labute approximate surface area is 188 Å². The fourth-order valence-corrected chi connectivity index (χ4v) is 4.51. The first-order chi connectivity index (χ1) is 15.2. The highest BCUT2D eigenvalue weighted by molar-refractivity contribution is 6.12. The molecular formula is C25H31NO6. The summed E-state index contributed by atoms with van der Waals surface area (Å²) in [4.78, 5) is 39.3. The van der Waals surface area contributed by atoms with Gasteiger partial charge in [0, 0.05) is 22.9 Å². The van der Waals surface area contributed by atoms with Crippen LogP contribution in [0.4, 0.5) is 0 Å². The number of dihydropyridines is 1. The Balaban J connectivity index is 2.19. The van der Waals surface area contributed by atoms with E-state index in [2.05, 4.69) is 5.32 Å². The van der Waals surface area contributed by atoms with E-state index < -0.39 is 23.8 Å². The van der Waals surface area contributed by atoms with E-state index in [4.69, 9.17) is 14.2 Å². The Kier molecular flexibility index (Phi) is 7.06. The summed E-state index contributed by atoms with van der Waals surface area (Å²) in [5, 5.41) is 3.25. The highest BCUT2D eigenvalue weighted by Gasteiger charge is 2.47. The summed E-state index contributed by atoms with van der Waals surface area (Å²) in [6.07, 6.45) is 0.172. The summed E-state index contributed by atoms with van der Waals surface area (Å²) in [6.45, 7) is 9.60. The fourth-order valence-electron chi connectivity index (χ4n) is 4.51. The predicted octanol–water partition coefficient (Wildman–Crippen LogP) is 3.65. The minimum absolute atomic E-state index is 0.228. The number of nitrogens with one attached hydrogen (secondary N) is 1. The summed E-state index contributed by atoms with van der Waals surface area (Å²) < 4.78 is 16.1. The zero-order valence-electron chi connectivity index (χ0n) is 19.5. The zero-order valence-corrected chi connectivity index (χ0v) is 19.5. The topological polar surface area (TPSA) is 90.9 Å². The summed E-state index contributed by atoms with van der Waals surface area (Å²) in [5.41, 5.74) is 2.86. The van der Waals surface area contributed by atoms with Gasteiger partial charge in [-0.2, -0.15) is 0 Å². The van der Waals surface area contributed by atoms with Crippen molar-refractivity contribution >= 4 is 17.7 Å². The molecule has 1 aliphatic carbocycles. The van der Waals surface area contributed by atoms with Crippen LogP contribution in [0.1, 0.15) is 52.5 Å². The van der Waals surface area contributed by atoms with E-state index in [9.17, 15) is 14.4 Å². The van der Waals surface area contributed by atoms with Crippen LogP contribution in [-0.2, 0) is 23.9 Å². The van der Waals surface area contributed by atoms with E-state index in [-0.39, 0.29) is 17.8 Å². The number of rotatable bonds is 6. The van der Waals surface area contributed by atoms with Crippen LogP contribution in [0.5, 0.6) is 5.75 Å². The lowest BCUT2D eigenvalue weighted by Crippen LogP contribution is -2.43. The van der Waals surface area contributed by atoms with E-state index in [1.807, 2.05) is 45.0 Å². The minimum atomic E-state index is -0.918. The number of Topliss-reactive ketones (excluding diaryl/α,β-unsaturated/α-hetero) is 1. The van der Waals surface area contributed by atoms with Crippen LogP contribution < -0.4 is 10.1 Å². The second kappa shape index (κ2) is 9.59. The smallest absolute Gasteiger partial charge is 0.337 e. The molecule has 0 saturated carbocycles. The molecule has 3 rings (SSSR count). The van der Waals surface area contributed by atoms with Crippen molar-refractivity contribution in [1.82, 2.24) is 5.32 Å². The number of esters is 2. The number of ketones is 1. The number of allylic oxidation sites excluding steroid dienone is 3. The zero-order chi connectivity index (χ0) is 23.6. The molecule has 0 bridgehead atoms. The Morgan fingerprint density at radius 1 is 1.25 bits per heavy atom. The molecule has 7 nitrogen and oxygen atoms in total. The van der Waals surface area contributed by atoms with Gasteiger partial charge < -0.3 is 19.5 Å². The lowest BCUT2D eigenvalue weighted by atomic mass is 9.69. The van der Waals surface area contributed by atoms with E-state index in [0.717, 1.165) is 11.3 Å². The Morgan fingerprint density at radius 2 is 1.97 bits per heavy atom. The maximum atomic E-state index is 13.7. The highest BCUT2D eigenvalue weighted by Crippen LogP contribution is 2.46. The first kappa shape index (κ1) is 23.6. The molecule has 0 unspecified atom stereocenters. The van der Waals surface area contributed by atoms with Gasteiger partial charge in [-0.25, -0.2) is 4.79 Å². The van der Waals surface area contributed by atoms with E-state index >= 15 is 0 Å². The largest absolute Gasteiger partial charge is 0.494 e. The molecule has 172 valence electrons. The van der Waals surface area contributed by atoms with E-state index in [0.29, 0.717) is 35.6 Å². The molecule has 3 atom stereocenters. The number of carbonyl (C=O) groups excluding carboxylic acids is 3. The lowest BCUT2D eigenvalue weighted by Gasteiger charge is -2.38. The number of benzene rings is 1. The van der Waals surface area contributed by atoms with E-state index in [1.54, 1.807) is 13.8 Å². The normalized spacial score (nSPS) is 23.0. The van der Waals surface area contributed by atoms with E-state index in [1.165, 1.54) is 7.11 Å². The lowest BCUT2D eigenvalue weighted by molar-refractivity contribution is -0.151. The fraction of sp³-hybridized carbons (Fsp3) is 0.480. The molecule has 1 aromatic carbocycles. The molecule has 1 heterocycles. The van der Waals surface area contributed by atoms with Crippen molar-refractivity contribution in [2.75, 3.05) is 13.7 Å². The molecular weight excluding hydrogens is 410 g/mol. The number of ether oxygens (including phenoxy) is 3. The summed E-state index contributed by atoms with van der Waals surface area (Å²) in [7, 11) is 1.28. The summed E-state index contributed by atoms with van der Waals surface area (Å²) >= 11 is 0. The predicted molar refractivity (Wildman–Crippen MR) is 119 cm³/mol. The number of methoxy groups -OCH3 is 1. The molecule has 0 saturated heterocycles. The maximum Gasteiger partial charge on any atom is 0.337 e. The Bertz CT molecular complexity index is 990. The van der Waals surface area contributed by atoms with Gasteiger partial charge in [0.2, 0.25) is 0 Å². The number of carbonyl (C=O) groups is 3. The summed E-state index contributed by atoms with van der Waals surface area (Å²) in [5.74, 6) is -2.57. The molecule has 1 aromatic rings. The van der Waals surface area contributed by atoms with Crippen LogP contribution >= 0.6 is 0 Å². The van der Waals surface area contributed by atoms with Crippen molar-refractivity contribution < 1.29 is 28.6 Å². The molecule has 1 N–H and O–H groups in total. The van der Waals surface area contributed by atoms with Crippen molar-refractivity contribution in [3.05, 3.63) is 52.4 Å². The van der Waals surface area contributed by atoms with Gasteiger partial charge in [0.15, 0.2) is 5.78 Å². The standard InChI is InChI=1S/C25H31NO6/c1-7-31-17-10-8-9-16(12-17)21-20(25(29)32-13(2)3)15(5)26-18-11-14(4)19(24(28)30-6)23(27)22(18)21/h8-10,12-14,19,21,26H,7,11H2,1-6H3/t14-,19-,21+/m0/s1. The van der Waals surface area contributed by atoms with Crippen LogP contribution in [0.3, 0.4) is 0 Å². The minimum Gasteiger partial charge on any atom is -0.494 e. The molecule has 0 amide bonds. The third kappa shape index (κ3) is 4.42. The summed E-state index contributed by atoms with van der Waals surface area (Å²) in [6, 6.07) is 7.35. The number of hydrogen-bond acceptors (Lipinski definition) is 7. The van der Waals surface area contributed by atoms with Crippen LogP contribution in [0.25, 0.3) is 0 Å². The maximum absolute atomic E-state index is 13.7. The van der Waals surface area contributed by atoms with Gasteiger partial charge in [0.05, 0.1) is 25.4 Å². The average Bonchev–Trinajstić information content (AvgIpc) is 2.72. The van der Waals surface area contributed by atoms with Gasteiger partial charge in [-0.1, -0.05) is 19.1 Å². The second-order valence-electron chi connectivity index (χ2n) is 8.49. The molecule has 2 aliphatic rings. The van der Waals surface area contributed by atoms with Gasteiger partial charge in [0.1, 0.15) is 11.7 Å². The Hall–Kier alpha value is -3.09. The average molecular weight is 442 g/mol. The van der Waals surface area contributed by atoms with Crippen molar-refractivity contribution in [2.45, 2.75) is 53.1 Å². The van der Waals surface area contributed by atoms with Crippen molar-refractivity contribution in [1.29, 1.82) is 0 Å². The van der Waals surface area contributed by atoms with Crippen LogP contribution in [0.15, 0.2) is 46.8 Å². The molecule has 0 fully saturated rings. The molecule has 1 aliphatic heterocycles. The first-order valence-corrected chi connectivity index (χ1v) is 11.0. The van der Waals surface area contributed by atoms with Crippen LogP contribution in [-0.4, -0.2) is 37.5 Å². The number of hydrogen-bond donors (Lipinski definition) is 1. The van der Waals surface area contributed by atoms with Crippen LogP contribution in [0.2, 0.25) is 0 Å². The molecule has 7 heteroatoms. The van der Waals surface area contributed by atoms with Gasteiger partial charge >= 0.3 is 11.9 Å². The molecule has 32 heavy (non-hydrogen) atoms. The van der Waals surface area contributed by atoms with Crippen molar-refractivity contribution in [3.63, 3.8) is 0 Å². The van der Waals surface area contributed by atoms with Gasteiger partial charge in [-0.15, -0.1) is 0 Å². The molecule has 0 spiro atoms. The van der Waals surface area contributed by atoms with Crippen molar-refractivity contribution in [3.8, 4) is 5.75 Å². The third-order valence-corrected chi connectivity index (χ3v) is 5.81. The highest BCUT2D eigenvalue weighted by atomic mass is 16.5. The van der Waals surface area contributed by atoms with Gasteiger partial charge in [-0.05, 0) is 57.7 Å². The Morgan fingerprint density at radius 3 is 2.59 bits per heavy atom. The third-order valence-electron chi connectivity index (χ3n) is 5.81. The molecule has 0 radical (unpaired) electrons. The first-order valence-electron chi connectivity index (χ1n) is 11.0. The van der Waals surface area contributed by atoms with Gasteiger partial charge in [-0.3, -0.25) is 9.59 Å². The quantitative estimate of drug-likeness (QED) is 0.532. The molecule has 0 aromatic heterocycles. The van der Waals surface area contributed by atoms with Crippen molar-refractivity contribution in [2.24, 2.45) is 11.8 Å².